The number of carboxylic acid groups (broad SMARTS) is 1. The van der Waals surface area contributed by atoms with E-state index in [1.807, 2.05) is 74.5 Å². The third-order valence-electron chi connectivity index (χ3n) is 5.41. The molecule has 0 atom stereocenters. The number of hydrogen-bond donors (Lipinski definition) is 1. The van der Waals surface area contributed by atoms with Crippen LogP contribution < -0.4 is 5.69 Å². The first-order valence-electron chi connectivity index (χ1n) is 10.6. The van der Waals surface area contributed by atoms with E-state index >= 15 is 0 Å². The quantitative estimate of drug-likeness (QED) is 0.466. The Balaban J connectivity index is 1.63. The summed E-state index contributed by atoms with van der Waals surface area (Å²) in [5, 5.41) is 14.0. The van der Waals surface area contributed by atoms with E-state index in [-0.39, 0.29) is 17.2 Å². The number of aromatic nitrogens is 3. The molecule has 0 spiro atoms. The van der Waals surface area contributed by atoms with E-state index in [0.717, 1.165) is 22.5 Å². The summed E-state index contributed by atoms with van der Waals surface area (Å²) in [5.41, 5.74) is 3.59. The zero-order valence-electron chi connectivity index (χ0n) is 18.1. The first kappa shape index (κ1) is 21.3. The van der Waals surface area contributed by atoms with Crippen molar-refractivity contribution >= 4 is 5.97 Å². The molecule has 0 aliphatic heterocycles. The standard InChI is InChI=1S/C26H25N3O3/c1-18(2)24-27-29(17-19-8-4-3-5-9-19)26(32)28(24)16-20-12-14-21(15-13-20)22-10-6-7-11-23(22)25(30)31/h3-15,18H,16-17H2,1-2H3,(H,30,31). The molecule has 0 unspecified atom stereocenters. The lowest BCUT2D eigenvalue weighted by Crippen LogP contribution is -2.26. The van der Waals surface area contributed by atoms with Crippen molar-refractivity contribution in [2.45, 2.75) is 32.9 Å². The van der Waals surface area contributed by atoms with Gasteiger partial charge in [-0.3, -0.25) is 4.57 Å². The fraction of sp³-hybridized carbons (Fsp3) is 0.192. The lowest BCUT2D eigenvalue weighted by atomic mass is 9.99. The number of benzene rings is 3. The molecular formula is C26H25N3O3. The van der Waals surface area contributed by atoms with Crippen molar-refractivity contribution in [2.24, 2.45) is 0 Å². The monoisotopic (exact) mass is 427 g/mol. The highest BCUT2D eigenvalue weighted by Gasteiger charge is 2.17. The fourth-order valence-electron chi connectivity index (χ4n) is 3.79. The van der Waals surface area contributed by atoms with Crippen LogP contribution in [0.15, 0.2) is 83.7 Å². The van der Waals surface area contributed by atoms with Crippen LogP contribution in [-0.2, 0) is 13.1 Å². The molecule has 0 amide bonds. The normalized spacial score (nSPS) is 11.1. The summed E-state index contributed by atoms with van der Waals surface area (Å²) in [6.07, 6.45) is 0. The van der Waals surface area contributed by atoms with E-state index < -0.39 is 5.97 Å². The van der Waals surface area contributed by atoms with Gasteiger partial charge in [-0.1, -0.05) is 86.6 Å². The van der Waals surface area contributed by atoms with Crippen LogP contribution >= 0.6 is 0 Å². The maximum Gasteiger partial charge on any atom is 0.346 e. The van der Waals surface area contributed by atoms with Crippen molar-refractivity contribution in [2.75, 3.05) is 0 Å². The van der Waals surface area contributed by atoms with Gasteiger partial charge in [-0.05, 0) is 28.3 Å². The molecule has 0 saturated carbocycles. The highest BCUT2D eigenvalue weighted by Crippen LogP contribution is 2.24. The summed E-state index contributed by atoms with van der Waals surface area (Å²) in [6.45, 7) is 4.88. The molecule has 0 fully saturated rings. The third kappa shape index (κ3) is 4.39. The highest BCUT2D eigenvalue weighted by atomic mass is 16.4. The molecule has 6 nitrogen and oxygen atoms in total. The van der Waals surface area contributed by atoms with Crippen molar-refractivity contribution in [3.8, 4) is 11.1 Å². The van der Waals surface area contributed by atoms with Gasteiger partial charge in [0.25, 0.3) is 0 Å². The molecule has 4 rings (SSSR count). The van der Waals surface area contributed by atoms with Crippen LogP contribution in [0.2, 0.25) is 0 Å². The van der Waals surface area contributed by atoms with Crippen molar-refractivity contribution in [1.82, 2.24) is 14.3 Å². The molecule has 6 heteroatoms. The molecule has 0 aliphatic rings. The van der Waals surface area contributed by atoms with Gasteiger partial charge in [-0.15, -0.1) is 0 Å². The van der Waals surface area contributed by atoms with Crippen molar-refractivity contribution in [3.05, 3.63) is 112 Å². The maximum absolute atomic E-state index is 13.1. The Kier molecular flexibility index (Phi) is 6.03. The number of carboxylic acids is 1. The minimum atomic E-state index is -0.955. The third-order valence-corrected chi connectivity index (χ3v) is 5.41. The van der Waals surface area contributed by atoms with Crippen molar-refractivity contribution < 1.29 is 9.90 Å². The SMILES string of the molecule is CC(C)c1nn(Cc2ccccc2)c(=O)n1Cc1ccc(-c2ccccc2C(=O)O)cc1. The average Bonchev–Trinajstić information content (AvgIpc) is 3.10. The van der Waals surface area contributed by atoms with Crippen LogP contribution in [0.5, 0.6) is 0 Å². The Morgan fingerprint density at radius 2 is 1.50 bits per heavy atom. The number of aromatic carboxylic acids is 1. The molecule has 1 aromatic heterocycles. The molecule has 32 heavy (non-hydrogen) atoms. The van der Waals surface area contributed by atoms with Crippen LogP contribution in [0.1, 0.15) is 47.1 Å². The smallest absolute Gasteiger partial charge is 0.346 e. The van der Waals surface area contributed by atoms with E-state index in [2.05, 4.69) is 5.10 Å². The molecule has 4 aromatic rings. The molecule has 0 aliphatic carbocycles. The second kappa shape index (κ2) is 9.06. The predicted octanol–water partition coefficient (Wildman–Crippen LogP) is 4.63. The van der Waals surface area contributed by atoms with Gasteiger partial charge >= 0.3 is 11.7 Å². The Morgan fingerprint density at radius 1 is 0.875 bits per heavy atom. The summed E-state index contributed by atoms with van der Waals surface area (Å²) >= 11 is 0. The van der Waals surface area contributed by atoms with Crippen molar-refractivity contribution in [1.29, 1.82) is 0 Å². The maximum atomic E-state index is 13.1. The fourth-order valence-corrected chi connectivity index (χ4v) is 3.79. The summed E-state index contributed by atoms with van der Waals surface area (Å²) < 4.78 is 3.23. The van der Waals surface area contributed by atoms with Gasteiger partial charge in [-0.25, -0.2) is 14.3 Å². The van der Waals surface area contributed by atoms with Gasteiger partial charge in [0.1, 0.15) is 5.82 Å². The largest absolute Gasteiger partial charge is 0.478 e. The second-order valence-corrected chi connectivity index (χ2v) is 8.07. The molecule has 0 bridgehead atoms. The zero-order chi connectivity index (χ0) is 22.7. The minimum Gasteiger partial charge on any atom is -0.478 e. The molecule has 162 valence electrons. The predicted molar refractivity (Wildman–Crippen MR) is 124 cm³/mol. The summed E-state index contributed by atoms with van der Waals surface area (Å²) in [6, 6.07) is 24.4. The Morgan fingerprint density at radius 3 is 2.16 bits per heavy atom. The highest BCUT2D eigenvalue weighted by molar-refractivity contribution is 5.95. The Hall–Kier alpha value is -3.93. The molecule has 0 saturated heterocycles. The van der Waals surface area contributed by atoms with Gasteiger partial charge in [0, 0.05) is 5.92 Å². The topological polar surface area (TPSA) is 77.1 Å². The van der Waals surface area contributed by atoms with Crippen LogP contribution in [0.3, 0.4) is 0 Å². The molecule has 3 aromatic carbocycles. The number of hydrogen-bond acceptors (Lipinski definition) is 3. The zero-order valence-corrected chi connectivity index (χ0v) is 18.1. The average molecular weight is 428 g/mol. The molecule has 1 N–H and O–H groups in total. The van der Waals surface area contributed by atoms with E-state index in [9.17, 15) is 14.7 Å². The first-order chi connectivity index (χ1) is 15.4. The summed E-state index contributed by atoms with van der Waals surface area (Å²) in [4.78, 5) is 24.6. The second-order valence-electron chi connectivity index (χ2n) is 8.07. The van der Waals surface area contributed by atoms with Crippen LogP contribution in [0.4, 0.5) is 0 Å². The van der Waals surface area contributed by atoms with E-state index in [1.54, 1.807) is 22.8 Å². The van der Waals surface area contributed by atoms with Crippen LogP contribution in [0.25, 0.3) is 11.1 Å². The minimum absolute atomic E-state index is 0.0986. The van der Waals surface area contributed by atoms with Gasteiger partial charge in [-0.2, -0.15) is 5.10 Å². The molecule has 1 heterocycles. The van der Waals surface area contributed by atoms with Gasteiger partial charge in [0.05, 0.1) is 18.7 Å². The Labute approximate surface area is 186 Å². The lowest BCUT2D eigenvalue weighted by Gasteiger charge is -2.10. The van der Waals surface area contributed by atoms with Crippen LogP contribution in [-0.4, -0.2) is 25.4 Å². The molecule has 0 radical (unpaired) electrons. The number of nitrogens with zero attached hydrogens (tertiary/aromatic N) is 3. The van der Waals surface area contributed by atoms with Crippen molar-refractivity contribution in [3.63, 3.8) is 0 Å². The van der Waals surface area contributed by atoms with Gasteiger partial charge in [0.2, 0.25) is 0 Å². The molecular weight excluding hydrogens is 402 g/mol. The number of rotatable bonds is 7. The summed E-state index contributed by atoms with van der Waals surface area (Å²) in [5.74, 6) is -0.115. The van der Waals surface area contributed by atoms with Gasteiger partial charge in [0.15, 0.2) is 0 Å². The van der Waals surface area contributed by atoms with Crippen LogP contribution in [0, 0.1) is 0 Å². The van der Waals surface area contributed by atoms with Gasteiger partial charge < -0.3 is 5.11 Å². The number of carbonyl (C=O) groups is 1. The summed E-state index contributed by atoms with van der Waals surface area (Å²) in [7, 11) is 0. The van der Waals surface area contributed by atoms with E-state index in [1.165, 1.54) is 4.68 Å². The van der Waals surface area contributed by atoms with E-state index in [0.29, 0.717) is 18.7 Å². The Bertz CT molecular complexity index is 1290. The first-order valence-corrected chi connectivity index (χ1v) is 10.6. The van der Waals surface area contributed by atoms with E-state index in [4.69, 9.17) is 0 Å². The lowest BCUT2D eigenvalue weighted by molar-refractivity contribution is 0.0697.